The molecule has 0 aromatic heterocycles. The van der Waals surface area contributed by atoms with E-state index in [0.717, 1.165) is 51.6 Å². The molecule has 2 aromatic carbocycles. The lowest BCUT2D eigenvalue weighted by Crippen LogP contribution is -2.35. The van der Waals surface area contributed by atoms with Gasteiger partial charge in [0.1, 0.15) is 6.17 Å². The molecule has 1 saturated carbocycles. The highest BCUT2D eigenvalue weighted by molar-refractivity contribution is 5.27. The number of nitriles is 1. The summed E-state index contributed by atoms with van der Waals surface area (Å²) in [4.78, 5) is 2.58. The summed E-state index contributed by atoms with van der Waals surface area (Å²) in [7, 11) is 0. The Morgan fingerprint density at radius 1 is 1.00 bits per heavy atom. The number of hydrogen-bond acceptors (Lipinski definition) is 2. The normalized spacial score (nSPS) is 19.2. The highest BCUT2D eigenvalue weighted by Gasteiger charge is 2.25. The fraction of sp³-hybridized carbons (Fsp3) is 0.536. The van der Waals surface area contributed by atoms with Crippen molar-refractivity contribution in [1.29, 1.82) is 5.26 Å². The van der Waals surface area contributed by atoms with Gasteiger partial charge in [-0.1, -0.05) is 74.4 Å². The van der Waals surface area contributed by atoms with Gasteiger partial charge in [-0.15, -0.1) is 0 Å². The zero-order valence-electron chi connectivity index (χ0n) is 19.6. The van der Waals surface area contributed by atoms with Crippen molar-refractivity contribution in [1.82, 2.24) is 4.90 Å². The zero-order valence-corrected chi connectivity index (χ0v) is 19.6. The summed E-state index contributed by atoms with van der Waals surface area (Å²) in [6, 6.07) is 21.9. The van der Waals surface area contributed by atoms with E-state index in [1.165, 1.54) is 30.0 Å². The minimum absolute atomic E-state index is 0.121. The molecule has 3 heteroatoms. The van der Waals surface area contributed by atoms with Gasteiger partial charge in [-0.05, 0) is 62.3 Å². The molecule has 0 heterocycles. The van der Waals surface area contributed by atoms with Crippen molar-refractivity contribution >= 4 is 0 Å². The summed E-state index contributed by atoms with van der Waals surface area (Å²) in [5.74, 6) is 0.121. The second kappa shape index (κ2) is 14.0. The average molecular weight is 423 g/mol. The number of likely N-dealkylation sites (N-methyl/N-ethyl adjacent to an activating group) is 1. The van der Waals surface area contributed by atoms with Crippen LogP contribution >= 0.6 is 0 Å². The van der Waals surface area contributed by atoms with E-state index in [-0.39, 0.29) is 5.92 Å². The molecule has 3 unspecified atom stereocenters. The van der Waals surface area contributed by atoms with Crippen molar-refractivity contribution in [2.45, 2.75) is 83.8 Å². The summed E-state index contributed by atoms with van der Waals surface area (Å²) >= 11 is 0. The SMILES string of the molecule is CC#N.CCN(CCc1ccccc1)C(C)CCc1ccc(C2CCCCC2F)cc1. The highest BCUT2D eigenvalue weighted by atomic mass is 19.1. The van der Waals surface area contributed by atoms with Crippen molar-refractivity contribution in [3.8, 4) is 6.07 Å². The topological polar surface area (TPSA) is 27.0 Å². The molecule has 2 aromatic rings. The molecule has 0 amide bonds. The van der Waals surface area contributed by atoms with Crippen LogP contribution in [0.15, 0.2) is 54.6 Å². The largest absolute Gasteiger partial charge is 0.301 e. The summed E-state index contributed by atoms with van der Waals surface area (Å²) in [5, 5.41) is 7.32. The number of halogens is 1. The summed E-state index contributed by atoms with van der Waals surface area (Å²) in [6.07, 6.45) is 6.67. The molecular weight excluding hydrogens is 383 g/mol. The van der Waals surface area contributed by atoms with E-state index in [4.69, 9.17) is 5.26 Å². The molecule has 3 atom stereocenters. The van der Waals surface area contributed by atoms with Gasteiger partial charge in [-0.25, -0.2) is 4.39 Å². The molecule has 0 aliphatic heterocycles. The van der Waals surface area contributed by atoms with E-state index < -0.39 is 6.17 Å². The lowest BCUT2D eigenvalue weighted by molar-refractivity contribution is 0.212. The number of hydrogen-bond donors (Lipinski definition) is 0. The van der Waals surface area contributed by atoms with Crippen LogP contribution in [0.1, 0.15) is 75.5 Å². The van der Waals surface area contributed by atoms with E-state index in [1.807, 2.05) is 0 Å². The first-order chi connectivity index (χ1) is 15.1. The van der Waals surface area contributed by atoms with E-state index >= 15 is 0 Å². The van der Waals surface area contributed by atoms with Crippen LogP contribution in [0, 0.1) is 11.3 Å². The number of nitrogens with zero attached hydrogens (tertiary/aromatic N) is 2. The van der Waals surface area contributed by atoms with Gasteiger partial charge in [0.2, 0.25) is 0 Å². The molecule has 31 heavy (non-hydrogen) atoms. The number of benzene rings is 2. The zero-order chi connectivity index (χ0) is 22.5. The molecule has 0 saturated heterocycles. The van der Waals surface area contributed by atoms with Gasteiger partial charge >= 0.3 is 0 Å². The van der Waals surface area contributed by atoms with Gasteiger partial charge in [0.15, 0.2) is 0 Å². The fourth-order valence-electron chi connectivity index (χ4n) is 4.56. The van der Waals surface area contributed by atoms with Crippen LogP contribution < -0.4 is 0 Å². The Morgan fingerprint density at radius 2 is 1.61 bits per heavy atom. The van der Waals surface area contributed by atoms with Crippen LogP contribution in [0.3, 0.4) is 0 Å². The molecule has 168 valence electrons. The standard InChI is InChI=1S/C26H36FN.C2H3N/c1-3-28(20-19-22-9-5-4-6-10-22)21(2)13-14-23-15-17-24(18-16-23)25-11-7-8-12-26(25)27;1-2-3/h4-6,9-10,15-18,21,25-26H,3,7-8,11-14,19-20H2,1-2H3;1H3. The lowest BCUT2D eigenvalue weighted by atomic mass is 9.82. The summed E-state index contributed by atoms with van der Waals surface area (Å²) in [6.45, 7) is 8.24. The van der Waals surface area contributed by atoms with Gasteiger partial charge in [0.05, 0.1) is 6.07 Å². The van der Waals surface area contributed by atoms with Crippen molar-refractivity contribution < 1.29 is 4.39 Å². The second-order valence-electron chi connectivity index (χ2n) is 8.62. The van der Waals surface area contributed by atoms with Crippen molar-refractivity contribution in [3.05, 3.63) is 71.3 Å². The third-order valence-corrected chi connectivity index (χ3v) is 6.50. The molecule has 0 N–H and O–H groups in total. The maximum Gasteiger partial charge on any atom is 0.107 e. The van der Waals surface area contributed by atoms with Crippen molar-refractivity contribution in [2.24, 2.45) is 0 Å². The predicted octanol–water partition coefficient (Wildman–Crippen LogP) is 7.10. The first-order valence-electron chi connectivity index (χ1n) is 11.9. The lowest BCUT2D eigenvalue weighted by Gasteiger charge is -2.28. The molecule has 2 nitrogen and oxygen atoms in total. The van der Waals surface area contributed by atoms with Crippen molar-refractivity contribution in [3.63, 3.8) is 0 Å². The van der Waals surface area contributed by atoms with E-state index in [9.17, 15) is 4.39 Å². The van der Waals surface area contributed by atoms with Crippen LogP contribution in [0.5, 0.6) is 0 Å². The second-order valence-corrected chi connectivity index (χ2v) is 8.62. The maximum atomic E-state index is 14.2. The molecule has 0 bridgehead atoms. The fourth-order valence-corrected chi connectivity index (χ4v) is 4.56. The van der Waals surface area contributed by atoms with Gasteiger partial charge in [0.25, 0.3) is 0 Å². The molecule has 1 aliphatic rings. The highest BCUT2D eigenvalue weighted by Crippen LogP contribution is 2.35. The van der Waals surface area contributed by atoms with Gasteiger partial charge < -0.3 is 4.90 Å². The van der Waals surface area contributed by atoms with Crippen LogP contribution in [-0.2, 0) is 12.8 Å². The van der Waals surface area contributed by atoms with E-state index in [0.29, 0.717) is 6.04 Å². The van der Waals surface area contributed by atoms with Gasteiger partial charge in [0, 0.05) is 25.4 Å². The monoisotopic (exact) mass is 422 g/mol. The summed E-state index contributed by atoms with van der Waals surface area (Å²) in [5.41, 5.74) is 3.99. The van der Waals surface area contributed by atoms with Crippen LogP contribution in [-0.4, -0.2) is 30.2 Å². The number of rotatable bonds is 9. The molecular formula is C28H39FN2. The average Bonchev–Trinajstić information content (AvgIpc) is 2.80. The minimum Gasteiger partial charge on any atom is -0.301 e. The quantitative estimate of drug-likeness (QED) is 0.431. The number of alkyl halides is 1. The Morgan fingerprint density at radius 3 is 2.23 bits per heavy atom. The summed E-state index contributed by atoms with van der Waals surface area (Å²) < 4.78 is 14.2. The van der Waals surface area contributed by atoms with E-state index in [2.05, 4.69) is 73.3 Å². The Kier molecular flexibility index (Phi) is 11.3. The third-order valence-electron chi connectivity index (χ3n) is 6.50. The Balaban J connectivity index is 0.00000107. The Bertz CT molecular complexity index is 766. The van der Waals surface area contributed by atoms with E-state index in [1.54, 1.807) is 6.07 Å². The number of aryl methyl sites for hydroxylation is 1. The van der Waals surface area contributed by atoms with Crippen LogP contribution in [0.4, 0.5) is 4.39 Å². The third kappa shape index (κ3) is 8.46. The molecule has 0 radical (unpaired) electrons. The molecule has 1 fully saturated rings. The predicted molar refractivity (Wildman–Crippen MR) is 129 cm³/mol. The van der Waals surface area contributed by atoms with Gasteiger partial charge in [-0.2, -0.15) is 5.26 Å². The maximum absolute atomic E-state index is 14.2. The van der Waals surface area contributed by atoms with Crippen LogP contribution in [0.2, 0.25) is 0 Å². The first-order valence-corrected chi connectivity index (χ1v) is 11.9. The van der Waals surface area contributed by atoms with Gasteiger partial charge in [-0.3, -0.25) is 0 Å². The van der Waals surface area contributed by atoms with Crippen molar-refractivity contribution in [2.75, 3.05) is 13.1 Å². The Labute approximate surface area is 189 Å². The molecule has 1 aliphatic carbocycles. The smallest absolute Gasteiger partial charge is 0.107 e. The molecule has 3 rings (SSSR count). The first kappa shape index (κ1) is 25.1. The van der Waals surface area contributed by atoms with Crippen LogP contribution in [0.25, 0.3) is 0 Å². The molecule has 0 spiro atoms. The minimum atomic E-state index is -0.651. The Hall–Kier alpha value is -2.18.